The zero-order chi connectivity index (χ0) is 13.0. The van der Waals surface area contributed by atoms with Crippen LogP contribution < -0.4 is 10.6 Å². The summed E-state index contributed by atoms with van der Waals surface area (Å²) in [5, 5.41) is 8.77. The molecule has 0 spiro atoms. The van der Waals surface area contributed by atoms with Crippen molar-refractivity contribution in [2.24, 2.45) is 0 Å². The smallest absolute Gasteiger partial charge is 0.248 e. The summed E-state index contributed by atoms with van der Waals surface area (Å²) >= 11 is 7.39. The van der Waals surface area contributed by atoms with E-state index in [1.165, 1.54) is 11.3 Å². The van der Waals surface area contributed by atoms with E-state index in [2.05, 4.69) is 15.6 Å². The summed E-state index contributed by atoms with van der Waals surface area (Å²) in [6, 6.07) is 6.91. The monoisotopic (exact) mass is 281 g/mol. The predicted octanol–water partition coefficient (Wildman–Crippen LogP) is 3.24. The van der Waals surface area contributed by atoms with Crippen molar-refractivity contribution in [3.05, 3.63) is 40.9 Å². The van der Waals surface area contributed by atoms with Gasteiger partial charge in [-0.2, -0.15) is 0 Å². The highest BCUT2D eigenvalue weighted by Gasteiger charge is 2.14. The van der Waals surface area contributed by atoms with Gasteiger partial charge in [0.1, 0.15) is 6.04 Å². The Morgan fingerprint density at radius 2 is 2.22 bits per heavy atom. The molecule has 18 heavy (non-hydrogen) atoms. The van der Waals surface area contributed by atoms with Crippen LogP contribution in [0.4, 0.5) is 10.8 Å². The Morgan fingerprint density at radius 3 is 2.89 bits per heavy atom. The van der Waals surface area contributed by atoms with Gasteiger partial charge in [-0.3, -0.25) is 4.79 Å². The van der Waals surface area contributed by atoms with Gasteiger partial charge in [0.2, 0.25) is 5.91 Å². The average molecular weight is 282 g/mol. The molecule has 0 bridgehead atoms. The fraction of sp³-hybridized carbons (Fsp3) is 0.167. The molecule has 1 atom stereocenters. The van der Waals surface area contributed by atoms with E-state index in [0.717, 1.165) is 5.69 Å². The van der Waals surface area contributed by atoms with E-state index in [0.29, 0.717) is 10.2 Å². The van der Waals surface area contributed by atoms with Crippen LogP contribution in [-0.2, 0) is 4.79 Å². The zero-order valence-electron chi connectivity index (χ0n) is 9.68. The van der Waals surface area contributed by atoms with Gasteiger partial charge in [0.05, 0.1) is 10.7 Å². The molecule has 2 N–H and O–H groups in total. The molecule has 0 aliphatic carbocycles. The maximum Gasteiger partial charge on any atom is 0.248 e. The first-order chi connectivity index (χ1) is 8.66. The van der Waals surface area contributed by atoms with Crippen LogP contribution in [0.2, 0.25) is 5.02 Å². The maximum absolute atomic E-state index is 11.9. The Balaban J connectivity index is 1.97. The second kappa shape index (κ2) is 5.84. The van der Waals surface area contributed by atoms with Crippen molar-refractivity contribution < 1.29 is 4.79 Å². The van der Waals surface area contributed by atoms with Crippen LogP contribution in [-0.4, -0.2) is 16.9 Å². The quantitative estimate of drug-likeness (QED) is 0.905. The normalized spacial score (nSPS) is 11.9. The van der Waals surface area contributed by atoms with Crippen LogP contribution in [0.25, 0.3) is 0 Å². The number of rotatable bonds is 4. The number of carbonyl (C=O) groups is 1. The summed E-state index contributed by atoms with van der Waals surface area (Å²) in [5.41, 5.74) is 0.737. The summed E-state index contributed by atoms with van der Waals surface area (Å²) in [6.45, 7) is 1.77. The van der Waals surface area contributed by atoms with Gasteiger partial charge in [-0.05, 0) is 19.1 Å². The van der Waals surface area contributed by atoms with Crippen molar-refractivity contribution in [3.63, 3.8) is 0 Å². The fourth-order valence-electron chi connectivity index (χ4n) is 1.38. The highest BCUT2D eigenvalue weighted by atomic mass is 35.5. The summed E-state index contributed by atoms with van der Waals surface area (Å²) in [5.74, 6) is -0.148. The SMILES string of the molecule is C[C@@H](Nc1ccccc1Cl)C(=O)Nc1nccs1. The van der Waals surface area contributed by atoms with Crippen LogP contribution in [0.5, 0.6) is 0 Å². The third kappa shape index (κ3) is 3.21. The molecule has 6 heteroatoms. The number of benzene rings is 1. The molecule has 0 radical (unpaired) electrons. The van der Waals surface area contributed by atoms with Crippen LogP contribution in [0.15, 0.2) is 35.8 Å². The van der Waals surface area contributed by atoms with E-state index in [4.69, 9.17) is 11.6 Å². The molecule has 2 aromatic rings. The minimum atomic E-state index is -0.395. The molecule has 0 unspecified atom stereocenters. The molecule has 2 rings (SSSR count). The molecule has 1 amide bonds. The number of nitrogens with zero attached hydrogens (tertiary/aromatic N) is 1. The Morgan fingerprint density at radius 1 is 1.44 bits per heavy atom. The predicted molar refractivity (Wildman–Crippen MR) is 75.3 cm³/mol. The molecule has 1 aromatic carbocycles. The number of nitrogens with one attached hydrogen (secondary N) is 2. The van der Waals surface area contributed by atoms with Crippen LogP contribution >= 0.6 is 22.9 Å². The van der Waals surface area contributed by atoms with Crippen molar-refractivity contribution in [3.8, 4) is 0 Å². The lowest BCUT2D eigenvalue weighted by Gasteiger charge is -2.15. The van der Waals surface area contributed by atoms with Crippen molar-refractivity contribution in [2.75, 3.05) is 10.6 Å². The number of thiazole rings is 1. The van der Waals surface area contributed by atoms with E-state index in [9.17, 15) is 4.79 Å². The Hall–Kier alpha value is -1.59. The van der Waals surface area contributed by atoms with Crippen LogP contribution in [0.3, 0.4) is 0 Å². The van der Waals surface area contributed by atoms with Crippen molar-refractivity contribution in [2.45, 2.75) is 13.0 Å². The maximum atomic E-state index is 11.9. The second-order valence-electron chi connectivity index (χ2n) is 3.67. The van der Waals surface area contributed by atoms with E-state index in [-0.39, 0.29) is 5.91 Å². The third-order valence-electron chi connectivity index (χ3n) is 2.30. The van der Waals surface area contributed by atoms with E-state index >= 15 is 0 Å². The minimum absolute atomic E-state index is 0.148. The van der Waals surface area contributed by atoms with Gasteiger partial charge in [0, 0.05) is 11.6 Å². The van der Waals surface area contributed by atoms with Crippen LogP contribution in [0, 0.1) is 0 Å². The summed E-state index contributed by atoms with van der Waals surface area (Å²) in [4.78, 5) is 15.9. The Kier molecular flexibility index (Phi) is 4.17. The number of hydrogen-bond donors (Lipinski definition) is 2. The van der Waals surface area contributed by atoms with Gasteiger partial charge in [-0.15, -0.1) is 11.3 Å². The molecule has 94 valence electrons. The van der Waals surface area contributed by atoms with E-state index < -0.39 is 6.04 Å². The molecular formula is C12H12ClN3OS. The number of carbonyl (C=O) groups excluding carboxylic acids is 1. The van der Waals surface area contributed by atoms with Gasteiger partial charge >= 0.3 is 0 Å². The largest absolute Gasteiger partial charge is 0.373 e. The molecule has 0 saturated heterocycles. The second-order valence-corrected chi connectivity index (χ2v) is 4.97. The molecule has 1 heterocycles. The minimum Gasteiger partial charge on any atom is -0.373 e. The first kappa shape index (κ1) is 12.9. The molecular weight excluding hydrogens is 270 g/mol. The number of anilines is 2. The molecule has 4 nitrogen and oxygen atoms in total. The van der Waals surface area contributed by atoms with Crippen LogP contribution in [0.1, 0.15) is 6.92 Å². The topological polar surface area (TPSA) is 54.0 Å². The lowest BCUT2D eigenvalue weighted by molar-refractivity contribution is -0.116. The van der Waals surface area contributed by atoms with Gasteiger partial charge in [0.15, 0.2) is 5.13 Å². The molecule has 0 saturated carbocycles. The summed E-state index contributed by atoms with van der Waals surface area (Å²) < 4.78 is 0. The average Bonchev–Trinajstić information content (AvgIpc) is 2.84. The number of amides is 1. The Bertz CT molecular complexity index is 530. The highest BCUT2D eigenvalue weighted by molar-refractivity contribution is 7.13. The first-order valence-electron chi connectivity index (χ1n) is 5.38. The standard InChI is InChI=1S/C12H12ClN3OS/c1-8(11(17)16-12-14-6-7-18-12)15-10-5-3-2-4-9(10)13/h2-8,15H,1H3,(H,14,16,17)/t8-/m1/s1. The fourth-order valence-corrected chi connectivity index (χ4v) is 2.10. The lowest BCUT2D eigenvalue weighted by Crippen LogP contribution is -2.31. The highest BCUT2D eigenvalue weighted by Crippen LogP contribution is 2.21. The van der Waals surface area contributed by atoms with E-state index in [1.807, 2.05) is 23.6 Å². The molecule has 0 aliphatic heterocycles. The van der Waals surface area contributed by atoms with Crippen molar-refractivity contribution in [1.29, 1.82) is 0 Å². The molecule has 1 aromatic heterocycles. The molecule has 0 fully saturated rings. The van der Waals surface area contributed by atoms with Gasteiger partial charge in [-0.25, -0.2) is 4.98 Å². The number of hydrogen-bond acceptors (Lipinski definition) is 4. The number of aromatic nitrogens is 1. The van der Waals surface area contributed by atoms with Gasteiger partial charge < -0.3 is 10.6 Å². The summed E-state index contributed by atoms with van der Waals surface area (Å²) in [6.07, 6.45) is 1.65. The van der Waals surface area contributed by atoms with E-state index in [1.54, 1.807) is 19.2 Å². The zero-order valence-corrected chi connectivity index (χ0v) is 11.3. The van der Waals surface area contributed by atoms with Crippen molar-refractivity contribution in [1.82, 2.24) is 4.98 Å². The van der Waals surface area contributed by atoms with Gasteiger partial charge in [0.25, 0.3) is 0 Å². The van der Waals surface area contributed by atoms with Crippen molar-refractivity contribution >= 4 is 39.7 Å². The third-order valence-corrected chi connectivity index (χ3v) is 3.32. The number of para-hydroxylation sites is 1. The first-order valence-corrected chi connectivity index (χ1v) is 6.64. The molecule has 0 aliphatic rings. The Labute approximate surface area is 114 Å². The van der Waals surface area contributed by atoms with Gasteiger partial charge in [-0.1, -0.05) is 23.7 Å². The summed E-state index contributed by atoms with van der Waals surface area (Å²) in [7, 11) is 0. The lowest BCUT2D eigenvalue weighted by atomic mass is 10.2. The number of halogens is 1.